The van der Waals surface area contributed by atoms with Gasteiger partial charge in [0.05, 0.1) is 5.70 Å². The fourth-order valence-electron chi connectivity index (χ4n) is 0.606. The molecule has 1 aliphatic rings. The first-order chi connectivity index (χ1) is 3.43. The van der Waals surface area contributed by atoms with Crippen LogP contribution < -0.4 is 5.32 Å². The van der Waals surface area contributed by atoms with E-state index in [1.807, 2.05) is 6.08 Å². The van der Waals surface area contributed by atoms with Gasteiger partial charge in [0, 0.05) is 6.54 Å². The van der Waals surface area contributed by atoms with E-state index >= 15 is 0 Å². The Kier molecular flexibility index (Phi) is 1.11. The van der Waals surface area contributed by atoms with E-state index in [0.717, 1.165) is 24.9 Å². The van der Waals surface area contributed by atoms with Gasteiger partial charge >= 0.3 is 0 Å². The number of carbonyl (C=O) groups excluding carboxylic acids is 1. The topological polar surface area (TPSA) is 29.1 Å². The van der Waals surface area contributed by atoms with Gasteiger partial charge in [0.25, 0.3) is 0 Å². The highest BCUT2D eigenvalue weighted by molar-refractivity contribution is 5.72. The summed E-state index contributed by atoms with van der Waals surface area (Å²) in [5.41, 5.74) is 0.736. The van der Waals surface area contributed by atoms with Crippen LogP contribution in [0.25, 0.3) is 0 Å². The van der Waals surface area contributed by atoms with E-state index in [1.54, 1.807) is 0 Å². The zero-order chi connectivity index (χ0) is 5.11. The molecule has 1 aliphatic heterocycles. The van der Waals surface area contributed by atoms with Gasteiger partial charge in [-0.2, -0.15) is 0 Å². The lowest BCUT2D eigenvalue weighted by atomic mass is 10.4. The SMILES string of the molecule is O=CC1=CCCN1. The van der Waals surface area contributed by atoms with E-state index in [1.165, 1.54) is 0 Å². The van der Waals surface area contributed by atoms with Crippen molar-refractivity contribution < 1.29 is 4.79 Å². The second-order valence-electron chi connectivity index (χ2n) is 1.49. The van der Waals surface area contributed by atoms with Crippen molar-refractivity contribution in [2.45, 2.75) is 6.42 Å². The Hall–Kier alpha value is -0.790. The van der Waals surface area contributed by atoms with Crippen molar-refractivity contribution in [2.24, 2.45) is 0 Å². The van der Waals surface area contributed by atoms with Gasteiger partial charge in [-0.3, -0.25) is 4.79 Å². The van der Waals surface area contributed by atoms with Crippen molar-refractivity contribution in [1.29, 1.82) is 0 Å². The normalized spacial score (nSPS) is 18.0. The minimum atomic E-state index is 0.736. The van der Waals surface area contributed by atoms with Crippen LogP contribution in [0.1, 0.15) is 6.42 Å². The Morgan fingerprint density at radius 2 is 2.71 bits per heavy atom. The summed E-state index contributed by atoms with van der Waals surface area (Å²) in [4.78, 5) is 9.88. The third kappa shape index (κ3) is 0.796. The van der Waals surface area contributed by atoms with E-state index in [4.69, 9.17) is 0 Å². The highest BCUT2D eigenvalue weighted by atomic mass is 16.1. The molecule has 2 heteroatoms. The smallest absolute Gasteiger partial charge is 0.165 e. The van der Waals surface area contributed by atoms with Gasteiger partial charge in [-0.15, -0.1) is 0 Å². The second kappa shape index (κ2) is 1.78. The van der Waals surface area contributed by atoms with Gasteiger partial charge < -0.3 is 5.32 Å². The Balaban J connectivity index is 2.51. The summed E-state index contributed by atoms with van der Waals surface area (Å²) in [6.45, 7) is 0.925. The van der Waals surface area contributed by atoms with E-state index in [9.17, 15) is 4.79 Å². The van der Waals surface area contributed by atoms with Gasteiger partial charge in [0.2, 0.25) is 0 Å². The minimum absolute atomic E-state index is 0.736. The molecular formula is C5H7NO. The summed E-state index contributed by atoms with van der Waals surface area (Å²) >= 11 is 0. The van der Waals surface area contributed by atoms with Gasteiger partial charge in [0.1, 0.15) is 0 Å². The molecule has 1 N–H and O–H groups in total. The molecule has 0 amide bonds. The van der Waals surface area contributed by atoms with E-state index < -0.39 is 0 Å². The number of rotatable bonds is 1. The van der Waals surface area contributed by atoms with Gasteiger partial charge in [-0.05, 0) is 6.42 Å². The van der Waals surface area contributed by atoms with Crippen molar-refractivity contribution in [3.63, 3.8) is 0 Å². The molecule has 38 valence electrons. The highest BCUT2D eigenvalue weighted by Gasteiger charge is 1.97. The Bertz CT molecular complexity index is 107. The summed E-state index contributed by atoms with van der Waals surface area (Å²) in [5, 5.41) is 2.90. The number of hydrogen-bond acceptors (Lipinski definition) is 2. The maximum Gasteiger partial charge on any atom is 0.165 e. The molecule has 0 aromatic rings. The molecule has 0 aliphatic carbocycles. The molecule has 0 fully saturated rings. The first-order valence-electron chi connectivity index (χ1n) is 2.32. The molecule has 1 heterocycles. The number of carbonyl (C=O) groups is 1. The Labute approximate surface area is 42.2 Å². The molecule has 0 bridgehead atoms. The van der Waals surface area contributed by atoms with Crippen LogP contribution in [0.4, 0.5) is 0 Å². The standard InChI is InChI=1S/C5H7NO/c7-4-5-2-1-3-6-5/h2,4,6H,1,3H2. The van der Waals surface area contributed by atoms with Crippen molar-refractivity contribution in [1.82, 2.24) is 5.32 Å². The minimum Gasteiger partial charge on any atom is -0.382 e. The van der Waals surface area contributed by atoms with Crippen LogP contribution in [0.5, 0.6) is 0 Å². The lowest BCUT2D eigenvalue weighted by Crippen LogP contribution is -2.07. The fourth-order valence-corrected chi connectivity index (χ4v) is 0.606. The fraction of sp³-hybridized carbons (Fsp3) is 0.400. The number of nitrogens with one attached hydrogen (secondary N) is 1. The average Bonchev–Trinajstić information content (AvgIpc) is 2.14. The third-order valence-electron chi connectivity index (χ3n) is 0.965. The molecule has 0 aromatic heterocycles. The summed E-state index contributed by atoms with van der Waals surface area (Å²) in [6, 6.07) is 0. The molecule has 2 nitrogen and oxygen atoms in total. The van der Waals surface area contributed by atoms with E-state index in [0.29, 0.717) is 0 Å². The number of hydrogen-bond donors (Lipinski definition) is 1. The predicted octanol–water partition coefficient (Wildman–Crippen LogP) is 0.0625. The molecule has 0 saturated carbocycles. The first-order valence-corrected chi connectivity index (χ1v) is 2.32. The van der Waals surface area contributed by atoms with Crippen molar-refractivity contribution in [3.8, 4) is 0 Å². The molecule has 0 spiro atoms. The molecule has 0 radical (unpaired) electrons. The monoisotopic (exact) mass is 97.1 g/mol. The molecule has 0 atom stereocenters. The Morgan fingerprint density at radius 3 is 3.00 bits per heavy atom. The van der Waals surface area contributed by atoms with E-state index in [-0.39, 0.29) is 0 Å². The Morgan fingerprint density at radius 1 is 1.86 bits per heavy atom. The van der Waals surface area contributed by atoms with Crippen LogP contribution in [-0.2, 0) is 4.79 Å². The molecular weight excluding hydrogens is 90.1 g/mol. The highest BCUT2D eigenvalue weighted by Crippen LogP contribution is 1.95. The lowest BCUT2D eigenvalue weighted by Gasteiger charge is -1.87. The van der Waals surface area contributed by atoms with Gasteiger partial charge in [-0.1, -0.05) is 6.08 Å². The summed E-state index contributed by atoms with van der Waals surface area (Å²) in [6.07, 6.45) is 3.73. The molecule has 7 heavy (non-hydrogen) atoms. The zero-order valence-electron chi connectivity index (χ0n) is 3.98. The second-order valence-corrected chi connectivity index (χ2v) is 1.49. The van der Waals surface area contributed by atoms with Crippen LogP contribution in [-0.4, -0.2) is 12.8 Å². The van der Waals surface area contributed by atoms with Crippen LogP contribution in [0.2, 0.25) is 0 Å². The van der Waals surface area contributed by atoms with E-state index in [2.05, 4.69) is 5.32 Å². The lowest BCUT2D eigenvalue weighted by molar-refractivity contribution is -0.105. The molecule has 1 rings (SSSR count). The van der Waals surface area contributed by atoms with Crippen LogP contribution >= 0.6 is 0 Å². The number of aldehydes is 1. The van der Waals surface area contributed by atoms with Gasteiger partial charge in [0.15, 0.2) is 6.29 Å². The average molecular weight is 97.1 g/mol. The molecule has 0 aromatic carbocycles. The summed E-state index contributed by atoms with van der Waals surface area (Å²) in [7, 11) is 0. The van der Waals surface area contributed by atoms with Gasteiger partial charge in [-0.25, -0.2) is 0 Å². The zero-order valence-corrected chi connectivity index (χ0v) is 3.98. The van der Waals surface area contributed by atoms with Crippen molar-refractivity contribution >= 4 is 6.29 Å². The third-order valence-corrected chi connectivity index (χ3v) is 0.965. The maximum atomic E-state index is 9.88. The van der Waals surface area contributed by atoms with Crippen LogP contribution in [0, 0.1) is 0 Å². The van der Waals surface area contributed by atoms with Crippen molar-refractivity contribution in [2.75, 3.05) is 6.54 Å². The molecule has 0 unspecified atom stereocenters. The van der Waals surface area contributed by atoms with Crippen LogP contribution in [0.15, 0.2) is 11.8 Å². The quantitative estimate of drug-likeness (QED) is 0.469. The summed E-state index contributed by atoms with van der Waals surface area (Å²) in [5.74, 6) is 0. The van der Waals surface area contributed by atoms with Crippen LogP contribution in [0.3, 0.4) is 0 Å². The number of allylic oxidation sites excluding steroid dienone is 1. The largest absolute Gasteiger partial charge is 0.382 e. The maximum absolute atomic E-state index is 9.88. The first kappa shape index (κ1) is 4.37. The summed E-state index contributed by atoms with van der Waals surface area (Å²) < 4.78 is 0. The predicted molar refractivity (Wildman–Crippen MR) is 26.8 cm³/mol. The van der Waals surface area contributed by atoms with Crippen molar-refractivity contribution in [3.05, 3.63) is 11.8 Å². The molecule has 0 saturated heterocycles.